The highest BCUT2D eigenvalue weighted by molar-refractivity contribution is 5.99. The number of allylic oxidation sites excluding steroid dienone is 2. The number of fused-ring (bicyclic) bond motifs is 8. The van der Waals surface area contributed by atoms with Gasteiger partial charge in [-0.25, -0.2) is 4.98 Å². The normalized spacial score (nSPS) is 40.6. The number of carbonyl (C=O) groups is 2. The van der Waals surface area contributed by atoms with Crippen LogP contribution in [0.2, 0.25) is 0 Å². The molecule has 1 saturated carbocycles. The first-order valence-corrected chi connectivity index (χ1v) is 22.9. The van der Waals surface area contributed by atoms with Crippen molar-refractivity contribution in [2.45, 2.75) is 165 Å². The van der Waals surface area contributed by atoms with E-state index in [9.17, 15) is 4.79 Å². The van der Waals surface area contributed by atoms with Crippen molar-refractivity contribution in [1.29, 1.82) is 0 Å². The van der Waals surface area contributed by atoms with E-state index >= 15 is 4.79 Å². The van der Waals surface area contributed by atoms with Crippen LogP contribution in [-0.2, 0) is 47.5 Å². The SMILES string of the molecule is CC[C@H]1CCC[C@H](O[C@H]2CC[C@H](N(C)C)C(C)O2)[C@@H](C)C(=O)C2=C[C@H]3[C@@H]4C[C@H](O[C@@H]5OC(C)[C@H](OC)C(OC)[C@@H]5OC)C[C@H]4c4nc(-c5ccccc5)[nH]c4[C@H]3[C@@H]2CC(=O)O1. The predicted molar refractivity (Wildman–Crippen MR) is 228 cm³/mol. The topological polar surface area (TPSA) is 140 Å². The number of aromatic nitrogens is 2. The van der Waals surface area contributed by atoms with Crippen molar-refractivity contribution in [2.24, 2.45) is 23.7 Å². The molecule has 1 aromatic carbocycles. The monoisotopic (exact) mass is 847 g/mol. The maximum Gasteiger partial charge on any atom is 0.306 e. The summed E-state index contributed by atoms with van der Waals surface area (Å²) in [5.41, 5.74) is 3.68. The highest BCUT2D eigenvalue weighted by atomic mass is 16.7. The third-order valence-corrected chi connectivity index (χ3v) is 15.1. The molecule has 0 radical (unpaired) electrons. The van der Waals surface area contributed by atoms with Crippen LogP contribution in [0.5, 0.6) is 0 Å². The lowest BCUT2D eigenvalue weighted by atomic mass is 9.67. The van der Waals surface area contributed by atoms with Gasteiger partial charge in [-0.1, -0.05) is 50.3 Å². The molecule has 0 amide bonds. The average molecular weight is 848 g/mol. The van der Waals surface area contributed by atoms with Crippen molar-refractivity contribution in [1.82, 2.24) is 14.9 Å². The Morgan fingerprint density at radius 3 is 2.30 bits per heavy atom. The third kappa shape index (κ3) is 8.79. The van der Waals surface area contributed by atoms with Gasteiger partial charge in [-0.3, -0.25) is 9.59 Å². The molecule has 61 heavy (non-hydrogen) atoms. The molecule has 0 bridgehead atoms. The van der Waals surface area contributed by atoms with Crippen LogP contribution in [-0.4, -0.2) is 129 Å². The highest BCUT2D eigenvalue weighted by Gasteiger charge is 2.57. The number of H-pyrrole nitrogens is 1. The minimum atomic E-state index is -0.668. The molecule has 3 unspecified atom stereocenters. The van der Waals surface area contributed by atoms with Crippen molar-refractivity contribution < 1.29 is 47.5 Å². The Bertz CT molecular complexity index is 1850. The summed E-state index contributed by atoms with van der Waals surface area (Å²) in [5, 5.41) is 0. The Morgan fingerprint density at radius 2 is 1.61 bits per heavy atom. The number of likely N-dealkylation sites (N-methyl/N-ethyl adjacent to an activating group) is 1. The number of nitrogens with one attached hydrogen (secondary N) is 1. The number of hydrogen-bond donors (Lipinski definition) is 1. The van der Waals surface area contributed by atoms with Gasteiger partial charge in [-0.15, -0.1) is 0 Å². The van der Waals surface area contributed by atoms with Crippen molar-refractivity contribution in [2.75, 3.05) is 35.4 Å². The number of rotatable bonds is 10. The number of ketones is 1. The standard InChI is InChI=1S/C48H69N3O10/c1-10-29-17-14-18-37(61-39-20-19-36(51(5)6)26(3)57-39)25(2)43(53)35-23-32-31-21-30(60-48-46(56-9)45(55-8)44(54-7)27(4)58-48)22-34(31)41-42(40(32)33(35)24-38(52)59-29)50-47(49-41)28-15-12-11-13-16-28/h11-13,15-16,23,25-27,29-34,36-37,39-40,44-46,48H,10,14,17-22,24H2,1-9H3,(H,49,50)/t25-,26?,27?,29+,30+,31+,32+,33-,34-,36+,37+,39+,40-,44+,45?,46+,48+/m1/s1. The van der Waals surface area contributed by atoms with Gasteiger partial charge in [0, 0.05) is 62.3 Å². The van der Waals surface area contributed by atoms with E-state index < -0.39 is 24.2 Å². The van der Waals surface area contributed by atoms with Gasteiger partial charge in [-0.05, 0) is 96.7 Å². The first-order valence-electron chi connectivity index (χ1n) is 22.9. The Balaban J connectivity index is 1.13. The third-order valence-electron chi connectivity index (χ3n) is 15.1. The summed E-state index contributed by atoms with van der Waals surface area (Å²) >= 11 is 0. The van der Waals surface area contributed by atoms with Crippen LogP contribution < -0.4 is 0 Å². The van der Waals surface area contributed by atoms with Crippen LogP contribution in [0.25, 0.3) is 11.4 Å². The maximum absolute atomic E-state index is 15.2. The van der Waals surface area contributed by atoms with Gasteiger partial charge in [0.1, 0.15) is 30.2 Å². The summed E-state index contributed by atoms with van der Waals surface area (Å²) < 4.78 is 50.5. The molecule has 13 nitrogen and oxygen atoms in total. The Kier molecular flexibility index (Phi) is 13.9. The second kappa shape index (κ2) is 19.0. The maximum atomic E-state index is 15.2. The summed E-state index contributed by atoms with van der Waals surface area (Å²) in [4.78, 5) is 40.6. The van der Waals surface area contributed by atoms with Gasteiger partial charge in [-0.2, -0.15) is 0 Å². The molecule has 8 rings (SSSR count). The van der Waals surface area contributed by atoms with E-state index in [0.717, 1.165) is 61.3 Å². The Hall–Kier alpha value is -3.01. The van der Waals surface area contributed by atoms with Gasteiger partial charge < -0.3 is 47.8 Å². The highest BCUT2D eigenvalue weighted by Crippen LogP contribution is 2.61. The summed E-state index contributed by atoms with van der Waals surface area (Å²) in [6.45, 7) is 8.16. The zero-order chi connectivity index (χ0) is 43.1. The van der Waals surface area contributed by atoms with E-state index in [1.165, 1.54) is 0 Å². The molecular formula is C48H69N3O10. The van der Waals surface area contributed by atoms with E-state index in [4.69, 9.17) is 42.9 Å². The lowest BCUT2D eigenvalue weighted by molar-refractivity contribution is -0.314. The minimum absolute atomic E-state index is 0.00798. The summed E-state index contributed by atoms with van der Waals surface area (Å²) in [5.74, 6) is -0.319. The minimum Gasteiger partial charge on any atom is -0.462 e. The second-order valence-corrected chi connectivity index (χ2v) is 18.8. The van der Waals surface area contributed by atoms with Gasteiger partial charge in [0.2, 0.25) is 0 Å². The fourth-order valence-corrected chi connectivity index (χ4v) is 11.9. The zero-order valence-corrected chi connectivity index (χ0v) is 37.6. The summed E-state index contributed by atoms with van der Waals surface area (Å²) in [7, 11) is 9.15. The smallest absolute Gasteiger partial charge is 0.306 e. The molecule has 6 aliphatic rings. The van der Waals surface area contributed by atoms with Gasteiger partial charge in [0.15, 0.2) is 18.4 Å². The van der Waals surface area contributed by atoms with Crippen molar-refractivity contribution in [3.05, 3.63) is 53.4 Å². The van der Waals surface area contributed by atoms with Gasteiger partial charge in [0.25, 0.3) is 0 Å². The average Bonchev–Trinajstić information content (AvgIpc) is 3.98. The number of benzene rings is 1. The van der Waals surface area contributed by atoms with Crippen LogP contribution in [0.4, 0.5) is 0 Å². The van der Waals surface area contributed by atoms with Gasteiger partial charge >= 0.3 is 5.97 Å². The molecule has 3 aliphatic heterocycles. The lowest BCUT2D eigenvalue weighted by Crippen LogP contribution is -2.59. The van der Waals surface area contributed by atoms with Crippen LogP contribution >= 0.6 is 0 Å². The quantitative estimate of drug-likeness (QED) is 0.248. The number of ether oxygens (including phenoxy) is 8. The molecule has 1 aromatic heterocycles. The molecule has 13 heteroatoms. The molecule has 1 N–H and O–H groups in total. The Labute approximate surface area is 361 Å². The number of nitrogens with zero attached hydrogens (tertiary/aromatic N) is 2. The largest absolute Gasteiger partial charge is 0.462 e. The number of hydrogen-bond acceptors (Lipinski definition) is 12. The zero-order valence-electron chi connectivity index (χ0n) is 37.6. The van der Waals surface area contributed by atoms with E-state index in [2.05, 4.69) is 56.0 Å². The summed E-state index contributed by atoms with van der Waals surface area (Å²) in [6.07, 6.45) is 5.15. The number of esters is 1. The first kappa shape index (κ1) is 44.6. The molecule has 3 aliphatic carbocycles. The van der Waals surface area contributed by atoms with Crippen molar-refractivity contribution in [3.63, 3.8) is 0 Å². The van der Waals surface area contributed by atoms with Crippen LogP contribution in [0.1, 0.15) is 109 Å². The number of cyclic esters (lactones) is 1. The van der Waals surface area contributed by atoms with Gasteiger partial charge in [0.05, 0.1) is 36.5 Å². The van der Waals surface area contributed by atoms with E-state index in [-0.39, 0.29) is 90.9 Å². The second-order valence-electron chi connectivity index (χ2n) is 18.8. The Morgan fingerprint density at radius 1 is 0.852 bits per heavy atom. The number of Topliss-reactive ketones (excluding diaryl/α,β-unsaturated/α-hetero) is 1. The van der Waals surface area contributed by atoms with E-state index in [1.807, 2.05) is 32.0 Å². The molecule has 2 aromatic rings. The number of carbonyl (C=O) groups excluding carboxylic acids is 2. The number of imidazole rings is 1. The van der Waals surface area contributed by atoms with Crippen molar-refractivity contribution in [3.8, 4) is 11.4 Å². The fourth-order valence-electron chi connectivity index (χ4n) is 11.9. The number of methoxy groups -OCH3 is 3. The van der Waals surface area contributed by atoms with Crippen LogP contribution in [0, 0.1) is 23.7 Å². The summed E-state index contributed by atoms with van der Waals surface area (Å²) in [6, 6.07) is 10.5. The molecule has 4 fully saturated rings. The molecule has 3 saturated heterocycles. The molecule has 336 valence electrons. The predicted octanol–water partition coefficient (Wildman–Crippen LogP) is 6.96. The molecule has 4 heterocycles. The molecule has 17 atom stereocenters. The molecular weight excluding hydrogens is 779 g/mol. The lowest BCUT2D eigenvalue weighted by Gasteiger charge is -2.44. The molecule has 0 spiro atoms. The van der Waals surface area contributed by atoms with Crippen molar-refractivity contribution >= 4 is 11.8 Å². The van der Waals surface area contributed by atoms with Crippen LogP contribution in [0.15, 0.2) is 42.0 Å². The fraction of sp³-hybridized carbons (Fsp3) is 0.729. The first-order chi connectivity index (χ1) is 29.4. The van der Waals surface area contributed by atoms with E-state index in [0.29, 0.717) is 24.5 Å². The van der Waals surface area contributed by atoms with Crippen LogP contribution in [0.3, 0.4) is 0 Å². The number of aromatic amines is 1. The van der Waals surface area contributed by atoms with E-state index in [1.54, 1.807) is 21.3 Å².